The molecule has 0 amide bonds. The summed E-state index contributed by atoms with van der Waals surface area (Å²) in [5.74, 6) is 0.785. The molecule has 1 saturated heterocycles. The second kappa shape index (κ2) is 6.85. The zero-order valence-electron chi connectivity index (χ0n) is 12.7. The summed E-state index contributed by atoms with van der Waals surface area (Å²) in [7, 11) is 0. The fraction of sp³-hybridized carbons (Fsp3) is 0.611. The minimum absolute atomic E-state index is 0.294. The maximum atomic E-state index is 9.60. The van der Waals surface area contributed by atoms with E-state index in [1.165, 1.54) is 38.5 Å². The molecule has 2 fully saturated rings. The number of benzene rings is 1. The highest BCUT2D eigenvalue weighted by molar-refractivity contribution is 5.65. The predicted molar refractivity (Wildman–Crippen MR) is 84.7 cm³/mol. The Kier molecular flexibility index (Phi) is 4.65. The maximum absolute atomic E-state index is 9.60. The smallest absolute Gasteiger partial charge is 0.139 e. The number of nitriles is 1. The molecule has 0 radical (unpaired) electrons. The van der Waals surface area contributed by atoms with Gasteiger partial charge in [-0.25, -0.2) is 0 Å². The van der Waals surface area contributed by atoms with Gasteiger partial charge in [-0.1, -0.05) is 12.5 Å². The van der Waals surface area contributed by atoms with Crippen LogP contribution in [0.1, 0.15) is 56.9 Å². The fourth-order valence-corrected chi connectivity index (χ4v) is 3.49. The van der Waals surface area contributed by atoms with E-state index >= 15 is 0 Å². The van der Waals surface area contributed by atoms with Crippen molar-refractivity contribution in [1.82, 2.24) is 0 Å². The molecule has 1 aliphatic heterocycles. The van der Waals surface area contributed by atoms with Crippen molar-refractivity contribution in [3.63, 3.8) is 0 Å². The molecule has 21 heavy (non-hydrogen) atoms. The number of hydrogen-bond donors (Lipinski definition) is 0. The van der Waals surface area contributed by atoms with Crippen molar-refractivity contribution in [3.8, 4) is 11.8 Å². The molecule has 1 saturated carbocycles. The van der Waals surface area contributed by atoms with Crippen LogP contribution in [0.2, 0.25) is 0 Å². The van der Waals surface area contributed by atoms with Crippen LogP contribution >= 0.6 is 0 Å². The van der Waals surface area contributed by atoms with E-state index in [1.54, 1.807) is 0 Å². The van der Waals surface area contributed by atoms with Crippen molar-refractivity contribution in [2.75, 3.05) is 18.0 Å². The number of rotatable bonds is 3. The Balaban J connectivity index is 1.81. The molecule has 2 aliphatic rings. The molecule has 0 unspecified atom stereocenters. The van der Waals surface area contributed by atoms with Crippen LogP contribution < -0.4 is 9.64 Å². The summed E-state index contributed by atoms with van der Waals surface area (Å²) in [4.78, 5) is 2.34. The standard InChI is InChI=1S/C18H24N2O/c19-14-16-17(20-12-5-2-6-13-20)10-7-11-18(16)21-15-8-3-1-4-9-15/h7,10-11,15H,1-6,8-9,12-13H2. The van der Waals surface area contributed by atoms with Gasteiger partial charge in [0.05, 0.1) is 11.8 Å². The normalized spacial score (nSPS) is 20.0. The summed E-state index contributed by atoms with van der Waals surface area (Å²) in [5, 5.41) is 9.60. The van der Waals surface area contributed by atoms with Crippen LogP contribution in [0.5, 0.6) is 5.75 Å². The van der Waals surface area contributed by atoms with Gasteiger partial charge in [-0.2, -0.15) is 5.26 Å². The van der Waals surface area contributed by atoms with Crippen molar-refractivity contribution in [2.24, 2.45) is 0 Å². The molecule has 112 valence electrons. The Morgan fingerprint density at radius 3 is 2.43 bits per heavy atom. The lowest BCUT2D eigenvalue weighted by Crippen LogP contribution is -2.30. The molecular weight excluding hydrogens is 260 g/mol. The monoisotopic (exact) mass is 284 g/mol. The third-order valence-electron chi connectivity index (χ3n) is 4.66. The molecule has 3 rings (SSSR count). The van der Waals surface area contributed by atoms with Gasteiger partial charge in [0.2, 0.25) is 0 Å². The Bertz CT molecular complexity index is 508. The summed E-state index contributed by atoms with van der Waals surface area (Å²) in [6.45, 7) is 2.11. The largest absolute Gasteiger partial charge is 0.489 e. The first-order valence-corrected chi connectivity index (χ1v) is 8.33. The highest BCUT2D eigenvalue weighted by Gasteiger charge is 2.20. The molecule has 1 aliphatic carbocycles. The molecule has 1 heterocycles. The Morgan fingerprint density at radius 2 is 1.71 bits per heavy atom. The molecule has 0 bridgehead atoms. The SMILES string of the molecule is N#Cc1c(OC2CCCCC2)cccc1N1CCCCC1. The molecule has 0 atom stereocenters. The molecule has 0 spiro atoms. The van der Waals surface area contributed by atoms with Crippen LogP contribution in [-0.4, -0.2) is 19.2 Å². The van der Waals surface area contributed by atoms with E-state index in [-0.39, 0.29) is 0 Å². The first kappa shape index (κ1) is 14.3. The minimum atomic E-state index is 0.294. The molecule has 0 aromatic heterocycles. The Hall–Kier alpha value is -1.69. The van der Waals surface area contributed by atoms with Crippen molar-refractivity contribution < 1.29 is 4.74 Å². The zero-order chi connectivity index (χ0) is 14.5. The summed E-state index contributed by atoms with van der Waals surface area (Å²) in [6.07, 6.45) is 10.1. The average Bonchev–Trinajstić information content (AvgIpc) is 2.56. The predicted octanol–water partition coefficient (Wildman–Crippen LogP) is 4.26. The fourth-order valence-electron chi connectivity index (χ4n) is 3.49. The second-order valence-electron chi connectivity index (χ2n) is 6.19. The topological polar surface area (TPSA) is 36.3 Å². The van der Waals surface area contributed by atoms with Crippen LogP contribution in [0.25, 0.3) is 0 Å². The number of anilines is 1. The molecule has 3 heteroatoms. The van der Waals surface area contributed by atoms with E-state index in [0.29, 0.717) is 6.10 Å². The van der Waals surface area contributed by atoms with Crippen molar-refractivity contribution in [3.05, 3.63) is 23.8 Å². The van der Waals surface area contributed by atoms with Crippen molar-refractivity contribution >= 4 is 5.69 Å². The van der Waals surface area contributed by atoms with Crippen LogP contribution in [0.15, 0.2) is 18.2 Å². The van der Waals surface area contributed by atoms with Gasteiger partial charge in [0, 0.05) is 13.1 Å². The summed E-state index contributed by atoms with van der Waals surface area (Å²) in [6, 6.07) is 8.44. The maximum Gasteiger partial charge on any atom is 0.139 e. The van der Waals surface area contributed by atoms with Crippen molar-refractivity contribution in [2.45, 2.75) is 57.5 Å². The molecular formula is C18H24N2O. The lowest BCUT2D eigenvalue weighted by atomic mass is 9.97. The molecule has 1 aromatic carbocycles. The molecule has 1 aromatic rings. The second-order valence-corrected chi connectivity index (χ2v) is 6.19. The zero-order valence-corrected chi connectivity index (χ0v) is 12.7. The number of hydrogen-bond acceptors (Lipinski definition) is 3. The minimum Gasteiger partial charge on any atom is -0.489 e. The lowest BCUT2D eigenvalue weighted by molar-refractivity contribution is 0.154. The van der Waals surface area contributed by atoms with Gasteiger partial charge in [-0.05, 0) is 57.1 Å². The quantitative estimate of drug-likeness (QED) is 0.832. The van der Waals surface area contributed by atoms with Crippen LogP contribution in [0, 0.1) is 11.3 Å². The third kappa shape index (κ3) is 3.32. The van der Waals surface area contributed by atoms with Crippen LogP contribution in [-0.2, 0) is 0 Å². The van der Waals surface area contributed by atoms with E-state index < -0.39 is 0 Å². The van der Waals surface area contributed by atoms with Gasteiger partial charge in [0.25, 0.3) is 0 Å². The highest BCUT2D eigenvalue weighted by Crippen LogP contribution is 2.33. The number of nitrogens with zero attached hydrogens (tertiary/aromatic N) is 2. The van der Waals surface area contributed by atoms with E-state index in [2.05, 4.69) is 17.0 Å². The van der Waals surface area contributed by atoms with Gasteiger partial charge < -0.3 is 9.64 Å². The lowest BCUT2D eigenvalue weighted by Gasteiger charge is -2.30. The van der Waals surface area contributed by atoms with Crippen LogP contribution in [0.3, 0.4) is 0 Å². The molecule has 3 nitrogen and oxygen atoms in total. The third-order valence-corrected chi connectivity index (χ3v) is 4.66. The number of ether oxygens (including phenoxy) is 1. The first-order valence-electron chi connectivity index (χ1n) is 8.33. The van der Waals surface area contributed by atoms with E-state index in [1.807, 2.05) is 12.1 Å². The van der Waals surface area contributed by atoms with Gasteiger partial charge in [-0.3, -0.25) is 0 Å². The van der Waals surface area contributed by atoms with Crippen molar-refractivity contribution in [1.29, 1.82) is 5.26 Å². The Morgan fingerprint density at radius 1 is 1.00 bits per heavy atom. The Labute approximate surface area is 127 Å². The summed E-state index contributed by atoms with van der Waals surface area (Å²) < 4.78 is 6.16. The number of piperidine rings is 1. The van der Waals surface area contributed by atoms with Gasteiger partial charge >= 0.3 is 0 Å². The van der Waals surface area contributed by atoms with Gasteiger partial charge in [0.15, 0.2) is 0 Å². The van der Waals surface area contributed by atoms with E-state index in [0.717, 1.165) is 42.9 Å². The first-order chi connectivity index (χ1) is 10.4. The summed E-state index contributed by atoms with van der Waals surface area (Å²) in [5.41, 5.74) is 1.79. The van der Waals surface area contributed by atoms with E-state index in [9.17, 15) is 5.26 Å². The average molecular weight is 284 g/mol. The summed E-state index contributed by atoms with van der Waals surface area (Å²) >= 11 is 0. The highest BCUT2D eigenvalue weighted by atomic mass is 16.5. The van der Waals surface area contributed by atoms with E-state index in [4.69, 9.17) is 4.74 Å². The van der Waals surface area contributed by atoms with Gasteiger partial charge in [-0.15, -0.1) is 0 Å². The molecule has 0 N–H and O–H groups in total. The van der Waals surface area contributed by atoms with Crippen LogP contribution in [0.4, 0.5) is 5.69 Å². The van der Waals surface area contributed by atoms with Gasteiger partial charge in [0.1, 0.15) is 17.4 Å².